The number of halogens is 1. The number of carbonyl (C=O) groups excluding carboxylic acids is 1. The standard InChI is InChI=1S/C22H21FN2O3S/c1-16-5-2-9-20(13-16)25-29(27,28)21-10-4-7-18(15-21)22(26)24-12-11-17-6-3-8-19(23)14-17/h2-10,13-15,25H,11-12H2,1H3,(H,24,26). The van der Waals surface area contributed by atoms with Crippen molar-refractivity contribution in [3.63, 3.8) is 0 Å². The summed E-state index contributed by atoms with van der Waals surface area (Å²) in [6.07, 6.45) is 0.469. The number of aryl methyl sites for hydroxylation is 1. The first kappa shape index (κ1) is 20.5. The van der Waals surface area contributed by atoms with Gasteiger partial charge in [-0.1, -0.05) is 30.3 Å². The van der Waals surface area contributed by atoms with Crippen molar-refractivity contribution < 1.29 is 17.6 Å². The lowest BCUT2D eigenvalue weighted by atomic mass is 10.1. The van der Waals surface area contributed by atoms with Crippen molar-refractivity contribution in [2.45, 2.75) is 18.2 Å². The molecule has 0 aliphatic carbocycles. The van der Waals surface area contributed by atoms with Gasteiger partial charge in [-0.05, 0) is 66.9 Å². The van der Waals surface area contributed by atoms with Crippen LogP contribution in [0.1, 0.15) is 21.5 Å². The van der Waals surface area contributed by atoms with Crippen molar-refractivity contribution in [1.29, 1.82) is 0 Å². The lowest BCUT2D eigenvalue weighted by Gasteiger charge is -2.10. The molecule has 1 amide bonds. The smallest absolute Gasteiger partial charge is 0.261 e. The summed E-state index contributed by atoms with van der Waals surface area (Å²) in [6, 6.07) is 19.0. The van der Waals surface area contributed by atoms with Gasteiger partial charge >= 0.3 is 0 Å². The summed E-state index contributed by atoms with van der Waals surface area (Å²) in [5.74, 6) is -0.721. The first-order chi connectivity index (χ1) is 13.8. The maximum atomic E-state index is 13.2. The molecule has 5 nitrogen and oxygen atoms in total. The second-order valence-corrected chi connectivity index (χ2v) is 8.32. The number of hydrogen-bond donors (Lipinski definition) is 2. The van der Waals surface area contributed by atoms with Gasteiger partial charge in [0.2, 0.25) is 0 Å². The molecule has 0 aliphatic heterocycles. The highest BCUT2D eigenvalue weighted by Crippen LogP contribution is 2.18. The van der Waals surface area contributed by atoms with Crippen LogP contribution in [0.5, 0.6) is 0 Å². The minimum atomic E-state index is -3.83. The van der Waals surface area contributed by atoms with Gasteiger partial charge in [0.1, 0.15) is 5.82 Å². The van der Waals surface area contributed by atoms with Gasteiger partial charge in [0.25, 0.3) is 15.9 Å². The molecule has 150 valence electrons. The van der Waals surface area contributed by atoms with Crippen LogP contribution in [0, 0.1) is 12.7 Å². The number of rotatable bonds is 7. The van der Waals surface area contributed by atoms with Crippen molar-refractivity contribution in [3.05, 3.63) is 95.3 Å². The Balaban J connectivity index is 1.67. The van der Waals surface area contributed by atoms with E-state index in [0.717, 1.165) is 11.1 Å². The molecule has 0 radical (unpaired) electrons. The van der Waals surface area contributed by atoms with Crippen molar-refractivity contribution in [1.82, 2.24) is 5.32 Å². The van der Waals surface area contributed by atoms with Crippen LogP contribution < -0.4 is 10.0 Å². The summed E-state index contributed by atoms with van der Waals surface area (Å²) in [6.45, 7) is 2.17. The van der Waals surface area contributed by atoms with Crippen LogP contribution in [0.15, 0.2) is 77.7 Å². The zero-order chi connectivity index (χ0) is 20.9. The van der Waals surface area contributed by atoms with E-state index in [1.807, 2.05) is 13.0 Å². The molecule has 0 atom stereocenters. The van der Waals surface area contributed by atoms with E-state index in [2.05, 4.69) is 10.0 Å². The lowest BCUT2D eigenvalue weighted by molar-refractivity contribution is 0.0954. The molecule has 0 saturated heterocycles. The third-order valence-electron chi connectivity index (χ3n) is 4.27. The molecule has 0 fully saturated rings. The minimum Gasteiger partial charge on any atom is -0.352 e. The largest absolute Gasteiger partial charge is 0.352 e. The van der Waals surface area contributed by atoms with Crippen molar-refractivity contribution in [2.24, 2.45) is 0 Å². The molecule has 0 aliphatic rings. The molecular formula is C22H21FN2O3S. The molecule has 3 rings (SSSR count). The summed E-state index contributed by atoms with van der Waals surface area (Å²) < 4.78 is 41.0. The van der Waals surface area contributed by atoms with Crippen LogP contribution in [-0.4, -0.2) is 20.9 Å². The van der Waals surface area contributed by atoms with E-state index in [1.54, 1.807) is 36.4 Å². The SMILES string of the molecule is Cc1cccc(NS(=O)(=O)c2cccc(C(=O)NCCc3cccc(F)c3)c2)c1. The Hall–Kier alpha value is -3.19. The average molecular weight is 412 g/mol. The lowest BCUT2D eigenvalue weighted by Crippen LogP contribution is -2.26. The summed E-state index contributed by atoms with van der Waals surface area (Å²) in [4.78, 5) is 12.4. The molecule has 3 aromatic carbocycles. The van der Waals surface area contributed by atoms with E-state index in [0.29, 0.717) is 18.7 Å². The first-order valence-corrected chi connectivity index (χ1v) is 10.5. The van der Waals surface area contributed by atoms with E-state index < -0.39 is 15.9 Å². The Morgan fingerprint density at radius 2 is 1.72 bits per heavy atom. The molecule has 0 spiro atoms. The Morgan fingerprint density at radius 3 is 2.48 bits per heavy atom. The van der Waals surface area contributed by atoms with Crippen LogP contribution in [-0.2, 0) is 16.4 Å². The van der Waals surface area contributed by atoms with Gasteiger partial charge in [-0.15, -0.1) is 0 Å². The van der Waals surface area contributed by atoms with Crippen LogP contribution in [0.25, 0.3) is 0 Å². The normalized spacial score (nSPS) is 11.1. The summed E-state index contributed by atoms with van der Waals surface area (Å²) in [7, 11) is -3.83. The van der Waals surface area contributed by atoms with Crippen LogP contribution in [0.3, 0.4) is 0 Å². The van der Waals surface area contributed by atoms with Crippen LogP contribution >= 0.6 is 0 Å². The molecule has 0 heterocycles. The van der Waals surface area contributed by atoms with Crippen molar-refractivity contribution >= 4 is 21.6 Å². The highest BCUT2D eigenvalue weighted by Gasteiger charge is 2.16. The topological polar surface area (TPSA) is 75.3 Å². The minimum absolute atomic E-state index is 0.00298. The number of benzene rings is 3. The number of sulfonamides is 1. The molecule has 0 aromatic heterocycles. The second kappa shape index (κ2) is 8.87. The Morgan fingerprint density at radius 1 is 0.966 bits per heavy atom. The summed E-state index contributed by atoms with van der Waals surface area (Å²) in [5.41, 5.74) is 2.38. The number of hydrogen-bond acceptors (Lipinski definition) is 3. The zero-order valence-electron chi connectivity index (χ0n) is 15.9. The fourth-order valence-corrected chi connectivity index (χ4v) is 3.94. The highest BCUT2D eigenvalue weighted by molar-refractivity contribution is 7.92. The zero-order valence-corrected chi connectivity index (χ0v) is 16.7. The molecule has 0 saturated carbocycles. The third kappa shape index (κ3) is 5.65. The van der Waals surface area contributed by atoms with Gasteiger partial charge in [-0.2, -0.15) is 0 Å². The average Bonchev–Trinajstić information content (AvgIpc) is 2.68. The summed E-state index contributed by atoms with van der Waals surface area (Å²) in [5, 5.41) is 2.73. The fourth-order valence-electron chi connectivity index (χ4n) is 2.84. The molecular weight excluding hydrogens is 391 g/mol. The quantitative estimate of drug-likeness (QED) is 0.618. The molecule has 7 heteroatoms. The molecule has 0 unspecified atom stereocenters. The molecule has 29 heavy (non-hydrogen) atoms. The third-order valence-corrected chi connectivity index (χ3v) is 5.64. The van der Waals surface area contributed by atoms with E-state index >= 15 is 0 Å². The van der Waals surface area contributed by atoms with E-state index in [1.165, 1.54) is 30.3 Å². The summed E-state index contributed by atoms with van der Waals surface area (Å²) >= 11 is 0. The van der Waals surface area contributed by atoms with Gasteiger partial charge in [-0.25, -0.2) is 12.8 Å². The molecule has 0 bridgehead atoms. The molecule has 2 N–H and O–H groups in total. The van der Waals surface area contributed by atoms with Gasteiger partial charge < -0.3 is 5.32 Å². The van der Waals surface area contributed by atoms with Gasteiger partial charge in [-0.3, -0.25) is 9.52 Å². The van der Waals surface area contributed by atoms with Gasteiger partial charge in [0, 0.05) is 17.8 Å². The monoisotopic (exact) mass is 412 g/mol. The maximum absolute atomic E-state index is 13.2. The Labute approximate surface area is 169 Å². The van der Waals surface area contributed by atoms with Gasteiger partial charge in [0.15, 0.2) is 0 Å². The highest BCUT2D eigenvalue weighted by atomic mass is 32.2. The Bertz CT molecular complexity index is 1130. The maximum Gasteiger partial charge on any atom is 0.261 e. The van der Waals surface area contributed by atoms with Gasteiger partial charge in [0.05, 0.1) is 4.90 Å². The number of nitrogens with one attached hydrogen (secondary N) is 2. The van der Waals surface area contributed by atoms with E-state index in [4.69, 9.17) is 0 Å². The predicted octanol–water partition coefficient (Wildman–Crippen LogP) is 3.91. The predicted molar refractivity (Wildman–Crippen MR) is 111 cm³/mol. The number of carbonyl (C=O) groups is 1. The number of anilines is 1. The molecule has 3 aromatic rings. The number of amides is 1. The Kier molecular flexibility index (Phi) is 6.29. The van der Waals surface area contributed by atoms with Crippen LogP contribution in [0.4, 0.5) is 10.1 Å². The van der Waals surface area contributed by atoms with E-state index in [9.17, 15) is 17.6 Å². The van der Waals surface area contributed by atoms with Crippen LogP contribution in [0.2, 0.25) is 0 Å². The fraction of sp³-hybridized carbons (Fsp3) is 0.136. The van der Waals surface area contributed by atoms with Crippen molar-refractivity contribution in [3.8, 4) is 0 Å². The van der Waals surface area contributed by atoms with E-state index in [-0.39, 0.29) is 16.3 Å². The second-order valence-electron chi connectivity index (χ2n) is 6.64. The van der Waals surface area contributed by atoms with Crippen molar-refractivity contribution in [2.75, 3.05) is 11.3 Å². The first-order valence-electron chi connectivity index (χ1n) is 9.06.